The Labute approximate surface area is 175 Å². The van der Waals surface area contributed by atoms with E-state index in [1.165, 1.54) is 11.3 Å². The average Bonchev–Trinajstić information content (AvgIpc) is 2.96. The molecule has 28 heavy (non-hydrogen) atoms. The van der Waals surface area contributed by atoms with Gasteiger partial charge >= 0.3 is 0 Å². The predicted octanol–water partition coefficient (Wildman–Crippen LogP) is 4.45. The van der Waals surface area contributed by atoms with Gasteiger partial charge < -0.3 is 4.90 Å². The minimum atomic E-state index is 0.710. The SMILES string of the molecule is Cc1ccc(-n2c(C)nn(CN3CCN(c4cccc(Cl)c4)CC3)c2=S)cc1. The lowest BCUT2D eigenvalue weighted by Gasteiger charge is -2.35. The molecule has 7 heteroatoms. The van der Waals surface area contributed by atoms with E-state index < -0.39 is 0 Å². The second-order valence-electron chi connectivity index (χ2n) is 7.23. The van der Waals surface area contributed by atoms with Crippen LogP contribution in [0.25, 0.3) is 5.69 Å². The first-order chi connectivity index (χ1) is 13.5. The number of benzene rings is 2. The zero-order valence-electron chi connectivity index (χ0n) is 16.2. The van der Waals surface area contributed by atoms with Crippen molar-refractivity contribution in [2.75, 3.05) is 31.1 Å². The lowest BCUT2D eigenvalue weighted by atomic mass is 10.2. The third-order valence-corrected chi connectivity index (χ3v) is 5.80. The number of rotatable bonds is 4. The molecule has 1 fully saturated rings. The first-order valence-corrected chi connectivity index (χ1v) is 10.3. The highest BCUT2D eigenvalue weighted by molar-refractivity contribution is 7.71. The topological polar surface area (TPSA) is 29.2 Å². The van der Waals surface area contributed by atoms with Crippen LogP contribution in [0.15, 0.2) is 48.5 Å². The van der Waals surface area contributed by atoms with E-state index in [0.717, 1.165) is 47.5 Å². The van der Waals surface area contributed by atoms with Crippen LogP contribution < -0.4 is 4.90 Å². The van der Waals surface area contributed by atoms with Crippen molar-refractivity contribution in [1.29, 1.82) is 0 Å². The van der Waals surface area contributed by atoms with Crippen molar-refractivity contribution in [3.63, 3.8) is 0 Å². The summed E-state index contributed by atoms with van der Waals surface area (Å²) in [6, 6.07) is 16.4. The number of anilines is 1. The molecule has 0 radical (unpaired) electrons. The van der Waals surface area contributed by atoms with E-state index in [9.17, 15) is 0 Å². The number of aryl methyl sites for hydroxylation is 2. The second-order valence-corrected chi connectivity index (χ2v) is 8.03. The quantitative estimate of drug-likeness (QED) is 0.591. The van der Waals surface area contributed by atoms with Gasteiger partial charge in [0.2, 0.25) is 4.77 Å². The van der Waals surface area contributed by atoms with Gasteiger partial charge in [-0.3, -0.25) is 9.47 Å². The highest BCUT2D eigenvalue weighted by Crippen LogP contribution is 2.21. The minimum Gasteiger partial charge on any atom is -0.369 e. The molecule has 2 heterocycles. The highest BCUT2D eigenvalue weighted by atomic mass is 35.5. The van der Waals surface area contributed by atoms with Crippen molar-refractivity contribution in [3.05, 3.63) is 69.7 Å². The van der Waals surface area contributed by atoms with Crippen LogP contribution in [-0.2, 0) is 6.67 Å². The molecule has 0 bridgehead atoms. The molecule has 0 spiro atoms. The van der Waals surface area contributed by atoms with Gasteiger partial charge in [0.1, 0.15) is 5.82 Å². The normalized spacial score (nSPS) is 15.2. The molecule has 0 aliphatic carbocycles. The lowest BCUT2D eigenvalue weighted by molar-refractivity contribution is 0.194. The van der Waals surface area contributed by atoms with E-state index in [4.69, 9.17) is 28.9 Å². The Morgan fingerprint density at radius 3 is 2.36 bits per heavy atom. The van der Waals surface area contributed by atoms with E-state index in [0.29, 0.717) is 6.67 Å². The largest absolute Gasteiger partial charge is 0.369 e. The van der Waals surface area contributed by atoms with Crippen LogP contribution in [0.3, 0.4) is 0 Å². The van der Waals surface area contributed by atoms with Crippen molar-refractivity contribution in [1.82, 2.24) is 19.2 Å². The van der Waals surface area contributed by atoms with Gasteiger partial charge in [0, 0.05) is 42.6 Å². The van der Waals surface area contributed by atoms with Crippen molar-refractivity contribution in [2.45, 2.75) is 20.5 Å². The van der Waals surface area contributed by atoms with E-state index in [-0.39, 0.29) is 0 Å². The summed E-state index contributed by atoms with van der Waals surface area (Å²) in [5.74, 6) is 0.909. The van der Waals surface area contributed by atoms with Crippen LogP contribution in [0.1, 0.15) is 11.4 Å². The zero-order valence-corrected chi connectivity index (χ0v) is 17.7. The molecule has 0 saturated carbocycles. The Bertz CT molecular complexity index is 1020. The summed E-state index contributed by atoms with van der Waals surface area (Å²) in [5.41, 5.74) is 3.48. The Balaban J connectivity index is 1.45. The van der Waals surface area contributed by atoms with Crippen LogP contribution in [0.4, 0.5) is 5.69 Å². The molecule has 146 valence electrons. The van der Waals surface area contributed by atoms with Crippen molar-refractivity contribution in [2.24, 2.45) is 0 Å². The summed E-state index contributed by atoms with van der Waals surface area (Å²) in [6.07, 6.45) is 0. The van der Waals surface area contributed by atoms with Crippen LogP contribution in [0.2, 0.25) is 5.02 Å². The highest BCUT2D eigenvalue weighted by Gasteiger charge is 2.19. The first-order valence-electron chi connectivity index (χ1n) is 9.47. The summed E-state index contributed by atoms with van der Waals surface area (Å²) in [4.78, 5) is 4.76. The number of aromatic nitrogens is 3. The van der Waals surface area contributed by atoms with Gasteiger partial charge in [-0.15, -0.1) is 0 Å². The number of hydrogen-bond acceptors (Lipinski definition) is 4. The van der Waals surface area contributed by atoms with Gasteiger partial charge in [-0.1, -0.05) is 35.4 Å². The molecular weight excluding hydrogens is 390 g/mol. The van der Waals surface area contributed by atoms with E-state index >= 15 is 0 Å². The predicted molar refractivity (Wildman–Crippen MR) is 117 cm³/mol. The van der Waals surface area contributed by atoms with Gasteiger partial charge in [0.25, 0.3) is 0 Å². The molecule has 4 rings (SSSR count). The molecule has 1 aliphatic rings. The van der Waals surface area contributed by atoms with Gasteiger partial charge in [0.05, 0.1) is 6.67 Å². The molecule has 2 aromatic carbocycles. The summed E-state index contributed by atoms with van der Waals surface area (Å²) in [5, 5.41) is 5.48. The Kier molecular flexibility index (Phi) is 5.53. The molecule has 1 saturated heterocycles. The van der Waals surface area contributed by atoms with Crippen LogP contribution in [0.5, 0.6) is 0 Å². The molecule has 1 aromatic heterocycles. The van der Waals surface area contributed by atoms with E-state index in [1.54, 1.807) is 0 Å². The second kappa shape index (κ2) is 8.07. The van der Waals surface area contributed by atoms with Gasteiger partial charge in [-0.25, -0.2) is 4.68 Å². The van der Waals surface area contributed by atoms with E-state index in [1.807, 2.05) is 34.4 Å². The summed E-state index contributed by atoms with van der Waals surface area (Å²) in [6.45, 7) is 8.65. The fraction of sp³-hybridized carbons (Fsp3) is 0.333. The van der Waals surface area contributed by atoms with Crippen molar-refractivity contribution >= 4 is 29.5 Å². The fourth-order valence-corrected chi connectivity index (χ4v) is 4.13. The smallest absolute Gasteiger partial charge is 0.203 e. The molecule has 1 aliphatic heterocycles. The maximum Gasteiger partial charge on any atom is 0.203 e. The lowest BCUT2D eigenvalue weighted by Crippen LogP contribution is -2.47. The number of nitrogens with zero attached hydrogens (tertiary/aromatic N) is 5. The van der Waals surface area contributed by atoms with Crippen LogP contribution in [-0.4, -0.2) is 45.4 Å². The fourth-order valence-electron chi connectivity index (χ4n) is 3.61. The standard InChI is InChI=1S/C21H24ClN5S/c1-16-6-8-19(9-7-16)27-17(2)23-26(21(27)28)15-24-10-12-25(13-11-24)20-5-3-4-18(22)14-20/h3-9,14H,10-13,15H2,1-2H3. The average molecular weight is 414 g/mol. The van der Waals surface area contributed by atoms with Gasteiger partial charge in [-0.2, -0.15) is 5.10 Å². The molecule has 0 unspecified atom stereocenters. The first kappa shape index (κ1) is 19.2. The van der Waals surface area contributed by atoms with Crippen molar-refractivity contribution < 1.29 is 0 Å². The summed E-state index contributed by atoms with van der Waals surface area (Å²) >= 11 is 11.9. The van der Waals surface area contributed by atoms with E-state index in [2.05, 4.69) is 47.1 Å². The zero-order chi connectivity index (χ0) is 19.7. The number of piperazine rings is 1. The Morgan fingerprint density at radius 2 is 1.68 bits per heavy atom. The summed E-state index contributed by atoms with van der Waals surface area (Å²) < 4.78 is 4.70. The van der Waals surface area contributed by atoms with Crippen LogP contribution in [0, 0.1) is 18.6 Å². The van der Waals surface area contributed by atoms with Crippen molar-refractivity contribution in [3.8, 4) is 5.69 Å². The Hall–Kier alpha value is -2.15. The maximum absolute atomic E-state index is 6.13. The third kappa shape index (κ3) is 3.99. The molecule has 0 N–H and O–H groups in total. The molecule has 0 atom stereocenters. The monoisotopic (exact) mass is 413 g/mol. The molecule has 3 aromatic rings. The molecular formula is C21H24ClN5S. The van der Waals surface area contributed by atoms with Gasteiger partial charge in [0.15, 0.2) is 0 Å². The maximum atomic E-state index is 6.13. The minimum absolute atomic E-state index is 0.710. The summed E-state index contributed by atoms with van der Waals surface area (Å²) in [7, 11) is 0. The number of hydrogen-bond donors (Lipinski definition) is 0. The number of halogens is 1. The Morgan fingerprint density at radius 1 is 0.964 bits per heavy atom. The molecule has 5 nitrogen and oxygen atoms in total. The van der Waals surface area contributed by atoms with Crippen LogP contribution >= 0.6 is 23.8 Å². The molecule has 0 amide bonds. The third-order valence-electron chi connectivity index (χ3n) is 5.17. The van der Waals surface area contributed by atoms with Gasteiger partial charge in [-0.05, 0) is 56.4 Å².